The highest BCUT2D eigenvalue weighted by Gasteiger charge is 2.40. The Morgan fingerprint density at radius 3 is 2.58 bits per heavy atom. The van der Waals surface area contributed by atoms with Crippen molar-refractivity contribution < 1.29 is 19.1 Å². The summed E-state index contributed by atoms with van der Waals surface area (Å²) in [6, 6.07) is 12.1. The highest BCUT2D eigenvalue weighted by Crippen LogP contribution is 2.42. The van der Waals surface area contributed by atoms with E-state index in [2.05, 4.69) is 19.2 Å². The maximum atomic E-state index is 14.0. The fourth-order valence-corrected chi connectivity index (χ4v) is 4.64. The first-order valence-corrected chi connectivity index (χ1v) is 10.6. The lowest BCUT2D eigenvalue weighted by atomic mass is 9.92. The molecule has 4 rings (SSSR count). The molecule has 1 heterocycles. The number of aromatic nitrogens is 1. The molecule has 6 heteroatoms. The number of nitrogens with one attached hydrogen (secondary N) is 1. The first-order valence-electron chi connectivity index (χ1n) is 10.6. The molecule has 0 aliphatic heterocycles. The van der Waals surface area contributed by atoms with Gasteiger partial charge in [0.05, 0.1) is 6.61 Å². The van der Waals surface area contributed by atoms with Gasteiger partial charge in [0.2, 0.25) is 5.91 Å². The average molecular weight is 423 g/mol. The molecule has 0 radical (unpaired) electrons. The number of fused-ring (bicyclic) bond motifs is 1. The Hall–Kier alpha value is -2.99. The molecule has 31 heavy (non-hydrogen) atoms. The Morgan fingerprint density at radius 1 is 1.23 bits per heavy atom. The Bertz CT molecular complexity index is 1150. The monoisotopic (exact) mass is 422 g/mol. The van der Waals surface area contributed by atoms with E-state index in [-0.39, 0.29) is 24.7 Å². The van der Waals surface area contributed by atoms with Crippen LogP contribution < -0.4 is 5.32 Å². The van der Waals surface area contributed by atoms with E-state index < -0.39 is 17.7 Å². The van der Waals surface area contributed by atoms with E-state index in [9.17, 15) is 19.1 Å². The third-order valence-electron chi connectivity index (χ3n) is 6.40. The number of carbonyl (C=O) groups excluding carboxylic acids is 2. The van der Waals surface area contributed by atoms with E-state index in [1.807, 2.05) is 24.3 Å². The number of Topliss-reactive ketones (excluding diaryl/α,β-unsaturated/α-hetero) is 1. The van der Waals surface area contributed by atoms with Crippen molar-refractivity contribution in [2.24, 2.45) is 13.0 Å². The second-order valence-corrected chi connectivity index (χ2v) is 8.66. The van der Waals surface area contributed by atoms with Gasteiger partial charge in [0.15, 0.2) is 0 Å². The lowest BCUT2D eigenvalue weighted by Gasteiger charge is -2.13. The SMILES string of the molecule is CC(C)c1ccc(NC(=O)C2CC(=O)C(c3c(CO)n(C)c4ccc(F)cc34)C2)cc1. The zero-order valence-electron chi connectivity index (χ0n) is 18.0. The van der Waals surface area contributed by atoms with Crippen LogP contribution in [0.5, 0.6) is 0 Å². The molecule has 2 aromatic carbocycles. The molecule has 1 fully saturated rings. The lowest BCUT2D eigenvalue weighted by molar-refractivity contribution is -0.123. The van der Waals surface area contributed by atoms with Crippen LogP contribution >= 0.6 is 0 Å². The predicted molar refractivity (Wildman–Crippen MR) is 118 cm³/mol. The van der Waals surface area contributed by atoms with Crippen molar-refractivity contribution in [1.82, 2.24) is 4.57 Å². The van der Waals surface area contributed by atoms with Gasteiger partial charge in [-0.15, -0.1) is 0 Å². The van der Waals surface area contributed by atoms with Crippen molar-refractivity contribution in [2.45, 2.75) is 45.1 Å². The fraction of sp³-hybridized carbons (Fsp3) is 0.360. The molecule has 5 nitrogen and oxygen atoms in total. The maximum absolute atomic E-state index is 14.0. The summed E-state index contributed by atoms with van der Waals surface area (Å²) in [5.41, 5.74) is 3.87. The summed E-state index contributed by atoms with van der Waals surface area (Å²) in [6.45, 7) is 3.96. The van der Waals surface area contributed by atoms with Crippen molar-refractivity contribution in [1.29, 1.82) is 0 Å². The van der Waals surface area contributed by atoms with Crippen LogP contribution in [0.25, 0.3) is 10.9 Å². The van der Waals surface area contributed by atoms with Gasteiger partial charge in [0, 0.05) is 47.6 Å². The number of rotatable bonds is 5. The molecular formula is C25H27FN2O3. The molecule has 0 saturated heterocycles. The van der Waals surface area contributed by atoms with Crippen molar-refractivity contribution in [3.63, 3.8) is 0 Å². The Labute approximate surface area is 180 Å². The number of halogens is 1. The topological polar surface area (TPSA) is 71.3 Å². The van der Waals surface area contributed by atoms with Crippen molar-refractivity contribution >= 4 is 28.3 Å². The van der Waals surface area contributed by atoms with Gasteiger partial charge in [-0.3, -0.25) is 9.59 Å². The molecule has 1 aliphatic carbocycles. The molecule has 1 aromatic heterocycles. The Balaban J connectivity index is 1.58. The van der Waals surface area contributed by atoms with Crippen molar-refractivity contribution in [3.05, 3.63) is 65.1 Å². The quantitative estimate of drug-likeness (QED) is 0.630. The number of benzene rings is 2. The fourth-order valence-electron chi connectivity index (χ4n) is 4.64. The zero-order chi connectivity index (χ0) is 22.3. The van der Waals surface area contributed by atoms with Crippen LogP contribution in [-0.4, -0.2) is 21.4 Å². The molecule has 2 atom stereocenters. The highest BCUT2D eigenvalue weighted by atomic mass is 19.1. The molecule has 2 unspecified atom stereocenters. The van der Waals surface area contributed by atoms with Crippen LogP contribution in [0.15, 0.2) is 42.5 Å². The van der Waals surface area contributed by atoms with E-state index in [0.717, 1.165) is 5.52 Å². The van der Waals surface area contributed by atoms with Crippen LogP contribution in [0.1, 0.15) is 55.3 Å². The summed E-state index contributed by atoms with van der Waals surface area (Å²) in [6.07, 6.45) is 0.481. The first-order chi connectivity index (χ1) is 14.8. The van der Waals surface area contributed by atoms with Crippen LogP contribution in [0.3, 0.4) is 0 Å². The smallest absolute Gasteiger partial charge is 0.227 e. The number of anilines is 1. The lowest BCUT2D eigenvalue weighted by Crippen LogP contribution is -2.20. The van der Waals surface area contributed by atoms with E-state index in [4.69, 9.17) is 0 Å². The standard InChI is InChI=1S/C25H27FN2O3/c1-14(2)15-4-7-18(8-5-15)27-25(31)16-10-20(23(30)11-16)24-19-12-17(26)6-9-21(19)28(3)22(24)13-29/h4-9,12,14,16,20,29H,10-11,13H2,1-3H3,(H,27,31). The summed E-state index contributed by atoms with van der Waals surface area (Å²) in [5, 5.41) is 13.5. The summed E-state index contributed by atoms with van der Waals surface area (Å²) >= 11 is 0. The van der Waals surface area contributed by atoms with E-state index in [1.54, 1.807) is 17.7 Å². The van der Waals surface area contributed by atoms with Gasteiger partial charge in [-0.25, -0.2) is 4.39 Å². The second-order valence-electron chi connectivity index (χ2n) is 8.66. The number of aliphatic hydroxyl groups is 1. The van der Waals surface area contributed by atoms with Gasteiger partial charge in [0.1, 0.15) is 11.6 Å². The summed E-state index contributed by atoms with van der Waals surface area (Å²) in [4.78, 5) is 25.8. The predicted octanol–water partition coefficient (Wildman–Crippen LogP) is 4.63. The number of aryl methyl sites for hydroxylation is 1. The molecule has 0 spiro atoms. The molecule has 0 bridgehead atoms. The average Bonchev–Trinajstić information content (AvgIpc) is 3.25. The first kappa shape index (κ1) is 21.2. The summed E-state index contributed by atoms with van der Waals surface area (Å²) in [7, 11) is 1.79. The number of carbonyl (C=O) groups is 2. The minimum atomic E-state index is -0.535. The van der Waals surface area contributed by atoms with E-state index >= 15 is 0 Å². The molecule has 162 valence electrons. The van der Waals surface area contributed by atoms with Crippen LogP contribution in [-0.2, 0) is 23.2 Å². The minimum absolute atomic E-state index is 0.0539. The van der Waals surface area contributed by atoms with Crippen molar-refractivity contribution in [3.8, 4) is 0 Å². The van der Waals surface area contributed by atoms with Gasteiger partial charge < -0.3 is 15.0 Å². The largest absolute Gasteiger partial charge is 0.390 e. The van der Waals surface area contributed by atoms with Gasteiger partial charge in [0.25, 0.3) is 0 Å². The second kappa shape index (κ2) is 8.27. The Kier molecular flexibility index (Phi) is 5.67. The van der Waals surface area contributed by atoms with Gasteiger partial charge in [-0.1, -0.05) is 26.0 Å². The normalized spacial score (nSPS) is 18.8. The summed E-state index contributed by atoms with van der Waals surface area (Å²) < 4.78 is 15.7. The summed E-state index contributed by atoms with van der Waals surface area (Å²) in [5.74, 6) is -1.23. The van der Waals surface area contributed by atoms with Gasteiger partial charge in [-0.2, -0.15) is 0 Å². The van der Waals surface area contributed by atoms with Gasteiger partial charge in [-0.05, 0) is 53.8 Å². The number of hydrogen-bond acceptors (Lipinski definition) is 3. The number of hydrogen-bond donors (Lipinski definition) is 2. The van der Waals surface area contributed by atoms with Crippen LogP contribution in [0.2, 0.25) is 0 Å². The number of nitrogens with zero attached hydrogens (tertiary/aromatic N) is 1. The third-order valence-corrected chi connectivity index (χ3v) is 6.40. The molecule has 3 aromatic rings. The Morgan fingerprint density at radius 2 is 1.94 bits per heavy atom. The van der Waals surface area contributed by atoms with E-state index in [1.165, 1.54) is 17.7 Å². The highest BCUT2D eigenvalue weighted by molar-refractivity contribution is 6.02. The van der Waals surface area contributed by atoms with Crippen LogP contribution in [0, 0.1) is 11.7 Å². The molecule has 1 aliphatic rings. The van der Waals surface area contributed by atoms with Crippen LogP contribution in [0.4, 0.5) is 10.1 Å². The van der Waals surface area contributed by atoms with E-state index in [0.29, 0.717) is 34.7 Å². The molecule has 2 N–H and O–H groups in total. The molecular weight excluding hydrogens is 395 g/mol. The number of aliphatic hydroxyl groups excluding tert-OH is 1. The van der Waals surface area contributed by atoms with Gasteiger partial charge >= 0.3 is 0 Å². The maximum Gasteiger partial charge on any atom is 0.227 e. The third kappa shape index (κ3) is 3.88. The van der Waals surface area contributed by atoms with Crippen molar-refractivity contribution in [2.75, 3.05) is 5.32 Å². The molecule has 1 amide bonds. The molecule has 1 saturated carbocycles. The number of ketones is 1. The minimum Gasteiger partial charge on any atom is -0.390 e. The number of amides is 1. The zero-order valence-corrected chi connectivity index (χ0v) is 18.0.